The lowest BCUT2D eigenvalue weighted by atomic mass is 9.81. The Balaban J connectivity index is 2.40. The SMILES string of the molecule is CCC(C)c1ccc2c(c1)C(Cl)CCC2C. The van der Waals surface area contributed by atoms with E-state index in [-0.39, 0.29) is 5.38 Å². The molecule has 0 fully saturated rings. The minimum absolute atomic E-state index is 0.232. The number of rotatable bonds is 2. The van der Waals surface area contributed by atoms with E-state index < -0.39 is 0 Å². The fourth-order valence-electron chi connectivity index (χ4n) is 2.56. The van der Waals surface area contributed by atoms with Gasteiger partial charge < -0.3 is 0 Å². The van der Waals surface area contributed by atoms with Gasteiger partial charge in [0.15, 0.2) is 0 Å². The maximum absolute atomic E-state index is 6.43. The molecule has 0 spiro atoms. The number of alkyl halides is 1. The van der Waals surface area contributed by atoms with Crippen molar-refractivity contribution in [2.24, 2.45) is 0 Å². The molecule has 1 heteroatoms. The van der Waals surface area contributed by atoms with Crippen molar-refractivity contribution in [3.05, 3.63) is 34.9 Å². The molecule has 1 aliphatic rings. The minimum Gasteiger partial charge on any atom is -0.118 e. The number of fused-ring (bicyclic) bond motifs is 1. The highest BCUT2D eigenvalue weighted by atomic mass is 35.5. The van der Waals surface area contributed by atoms with Crippen LogP contribution in [0.15, 0.2) is 18.2 Å². The van der Waals surface area contributed by atoms with Crippen molar-refractivity contribution in [1.82, 2.24) is 0 Å². The van der Waals surface area contributed by atoms with Crippen molar-refractivity contribution in [1.29, 1.82) is 0 Å². The summed E-state index contributed by atoms with van der Waals surface area (Å²) in [5.74, 6) is 1.32. The van der Waals surface area contributed by atoms with Crippen molar-refractivity contribution in [2.75, 3.05) is 0 Å². The van der Waals surface area contributed by atoms with Gasteiger partial charge in [-0.1, -0.05) is 39.0 Å². The van der Waals surface area contributed by atoms with E-state index in [4.69, 9.17) is 11.6 Å². The van der Waals surface area contributed by atoms with Crippen LogP contribution < -0.4 is 0 Å². The van der Waals surface area contributed by atoms with Gasteiger partial charge in [-0.05, 0) is 47.8 Å². The highest BCUT2D eigenvalue weighted by Crippen LogP contribution is 2.41. The van der Waals surface area contributed by atoms with Gasteiger partial charge in [-0.3, -0.25) is 0 Å². The molecule has 0 saturated heterocycles. The molecule has 0 saturated carbocycles. The second-order valence-electron chi connectivity index (χ2n) is 5.14. The van der Waals surface area contributed by atoms with E-state index in [1.54, 1.807) is 0 Å². The number of benzene rings is 1. The maximum atomic E-state index is 6.43. The molecule has 88 valence electrons. The first-order chi connectivity index (χ1) is 7.63. The van der Waals surface area contributed by atoms with Crippen molar-refractivity contribution in [3.63, 3.8) is 0 Å². The van der Waals surface area contributed by atoms with E-state index in [9.17, 15) is 0 Å². The topological polar surface area (TPSA) is 0 Å². The Bertz CT molecular complexity index is 370. The molecule has 16 heavy (non-hydrogen) atoms. The summed E-state index contributed by atoms with van der Waals surface area (Å²) in [7, 11) is 0. The predicted molar refractivity (Wildman–Crippen MR) is 71.4 cm³/mol. The highest BCUT2D eigenvalue weighted by molar-refractivity contribution is 6.21. The van der Waals surface area contributed by atoms with E-state index in [2.05, 4.69) is 39.0 Å². The van der Waals surface area contributed by atoms with Crippen LogP contribution in [0.3, 0.4) is 0 Å². The molecule has 1 aromatic rings. The Morgan fingerprint density at radius 1 is 1.31 bits per heavy atom. The zero-order valence-corrected chi connectivity index (χ0v) is 11.2. The summed E-state index contributed by atoms with van der Waals surface area (Å²) in [6, 6.07) is 6.94. The molecule has 0 radical (unpaired) electrons. The largest absolute Gasteiger partial charge is 0.118 e. The van der Waals surface area contributed by atoms with E-state index in [1.807, 2.05) is 0 Å². The standard InChI is InChI=1S/C15H21Cl/c1-4-10(2)12-6-7-13-11(3)5-8-15(16)14(13)9-12/h6-7,9-11,15H,4-5,8H2,1-3H3. The molecule has 0 N–H and O–H groups in total. The van der Waals surface area contributed by atoms with Gasteiger partial charge in [0.1, 0.15) is 0 Å². The van der Waals surface area contributed by atoms with Crippen molar-refractivity contribution in [3.8, 4) is 0 Å². The van der Waals surface area contributed by atoms with Crippen LogP contribution >= 0.6 is 11.6 Å². The monoisotopic (exact) mass is 236 g/mol. The summed E-state index contributed by atoms with van der Waals surface area (Å²) in [5.41, 5.74) is 4.30. The molecular formula is C15H21Cl. The fraction of sp³-hybridized carbons (Fsp3) is 0.600. The van der Waals surface area contributed by atoms with Crippen LogP contribution in [0.1, 0.15) is 73.9 Å². The molecular weight excluding hydrogens is 216 g/mol. The lowest BCUT2D eigenvalue weighted by Gasteiger charge is -2.27. The molecule has 1 aliphatic carbocycles. The molecule has 0 amide bonds. The maximum Gasteiger partial charge on any atom is 0.0588 e. The van der Waals surface area contributed by atoms with E-state index in [1.165, 1.54) is 29.5 Å². The first-order valence-corrected chi connectivity index (χ1v) is 6.85. The Labute approximate surface area is 104 Å². The fourth-order valence-corrected chi connectivity index (χ4v) is 2.88. The van der Waals surface area contributed by atoms with Gasteiger partial charge >= 0.3 is 0 Å². The predicted octanol–water partition coefficient (Wildman–Crippen LogP) is 5.38. The normalized spacial score (nSPS) is 26.2. The Morgan fingerprint density at radius 3 is 2.75 bits per heavy atom. The first kappa shape index (κ1) is 12.0. The summed E-state index contributed by atoms with van der Waals surface area (Å²) in [5, 5.41) is 0.232. The molecule has 0 aliphatic heterocycles. The molecule has 0 heterocycles. The second kappa shape index (κ2) is 4.79. The zero-order chi connectivity index (χ0) is 11.7. The minimum atomic E-state index is 0.232. The summed E-state index contributed by atoms with van der Waals surface area (Å²) >= 11 is 6.43. The highest BCUT2D eigenvalue weighted by Gasteiger charge is 2.23. The van der Waals surface area contributed by atoms with Gasteiger partial charge in [0, 0.05) is 0 Å². The third-order valence-corrected chi connectivity index (χ3v) is 4.47. The molecule has 3 unspecified atom stereocenters. The van der Waals surface area contributed by atoms with Crippen molar-refractivity contribution >= 4 is 11.6 Å². The smallest absolute Gasteiger partial charge is 0.0588 e. The molecule has 0 aromatic heterocycles. The molecule has 0 bridgehead atoms. The third kappa shape index (κ3) is 2.13. The molecule has 0 nitrogen and oxygen atoms in total. The van der Waals surface area contributed by atoms with Crippen LogP contribution in [-0.2, 0) is 0 Å². The lowest BCUT2D eigenvalue weighted by Crippen LogP contribution is -2.10. The zero-order valence-electron chi connectivity index (χ0n) is 10.5. The average Bonchev–Trinajstić information content (AvgIpc) is 2.32. The Kier molecular flexibility index (Phi) is 3.59. The van der Waals surface area contributed by atoms with Gasteiger partial charge in [-0.25, -0.2) is 0 Å². The number of hydrogen-bond acceptors (Lipinski definition) is 0. The third-order valence-electron chi connectivity index (χ3n) is 4.01. The second-order valence-corrected chi connectivity index (χ2v) is 5.67. The number of hydrogen-bond donors (Lipinski definition) is 0. The summed E-state index contributed by atoms with van der Waals surface area (Å²) in [4.78, 5) is 0. The van der Waals surface area contributed by atoms with Crippen molar-refractivity contribution < 1.29 is 0 Å². The average molecular weight is 237 g/mol. The summed E-state index contributed by atoms with van der Waals surface area (Å²) in [6.45, 7) is 6.84. The van der Waals surface area contributed by atoms with Gasteiger partial charge in [0.25, 0.3) is 0 Å². The summed E-state index contributed by atoms with van der Waals surface area (Å²) < 4.78 is 0. The molecule has 3 atom stereocenters. The van der Waals surface area contributed by atoms with Gasteiger partial charge in [0.05, 0.1) is 5.38 Å². The van der Waals surface area contributed by atoms with E-state index in [0.717, 1.165) is 6.42 Å². The van der Waals surface area contributed by atoms with Crippen LogP contribution in [0.25, 0.3) is 0 Å². The number of halogens is 1. The van der Waals surface area contributed by atoms with E-state index in [0.29, 0.717) is 11.8 Å². The van der Waals surface area contributed by atoms with E-state index >= 15 is 0 Å². The summed E-state index contributed by atoms with van der Waals surface area (Å²) in [6.07, 6.45) is 3.55. The van der Waals surface area contributed by atoms with Crippen LogP contribution in [0, 0.1) is 0 Å². The Hall–Kier alpha value is -0.490. The van der Waals surface area contributed by atoms with Crippen LogP contribution in [-0.4, -0.2) is 0 Å². The van der Waals surface area contributed by atoms with Crippen LogP contribution in [0.2, 0.25) is 0 Å². The quantitative estimate of drug-likeness (QED) is 0.605. The lowest BCUT2D eigenvalue weighted by molar-refractivity contribution is 0.576. The first-order valence-electron chi connectivity index (χ1n) is 6.41. The van der Waals surface area contributed by atoms with Gasteiger partial charge in [0.2, 0.25) is 0 Å². The van der Waals surface area contributed by atoms with Crippen LogP contribution in [0.5, 0.6) is 0 Å². The molecule has 1 aromatic carbocycles. The Morgan fingerprint density at radius 2 is 2.06 bits per heavy atom. The van der Waals surface area contributed by atoms with Gasteiger partial charge in [-0.2, -0.15) is 0 Å². The van der Waals surface area contributed by atoms with Crippen LogP contribution in [0.4, 0.5) is 0 Å². The van der Waals surface area contributed by atoms with Crippen molar-refractivity contribution in [2.45, 2.75) is 57.2 Å². The molecule has 2 rings (SSSR count). The van der Waals surface area contributed by atoms with Gasteiger partial charge in [-0.15, -0.1) is 11.6 Å².